The second-order valence-corrected chi connectivity index (χ2v) is 7.43. The Morgan fingerprint density at radius 1 is 0.962 bits per heavy atom. The molecule has 2 N–H and O–H groups in total. The smallest absolute Gasteiger partial charge is 0.204 e. The van der Waals surface area contributed by atoms with Crippen molar-refractivity contribution in [3.8, 4) is 28.4 Å². The lowest BCUT2D eigenvalue weighted by atomic mass is 9.64. The minimum absolute atomic E-state index is 0.0412. The summed E-state index contributed by atoms with van der Waals surface area (Å²) in [7, 11) is 4.85. The number of rotatable bonds is 3. The fraction of sp³-hybridized carbons (Fsp3) is 0.429. The largest absolute Gasteiger partial charge is 0.492 e. The molecule has 2 aliphatic rings. The predicted molar refractivity (Wildman–Crippen MR) is 100 cm³/mol. The molecule has 0 fully saturated rings. The molecule has 0 radical (unpaired) electrons. The molecule has 0 amide bonds. The Kier molecular flexibility index (Phi) is 3.90. The highest BCUT2D eigenvalue weighted by molar-refractivity contribution is 5.87. The molecule has 2 aromatic rings. The van der Waals surface area contributed by atoms with Gasteiger partial charge in [-0.3, -0.25) is 0 Å². The summed E-state index contributed by atoms with van der Waals surface area (Å²) in [5.41, 5.74) is 5.03. The molecule has 2 aromatic carbocycles. The van der Waals surface area contributed by atoms with Crippen molar-refractivity contribution in [1.29, 1.82) is 0 Å². The molecule has 1 aliphatic heterocycles. The highest BCUT2D eigenvalue weighted by Crippen LogP contribution is 2.60. The van der Waals surface area contributed by atoms with Crippen LogP contribution in [0.15, 0.2) is 24.3 Å². The molecule has 2 atom stereocenters. The normalized spacial score (nSPS) is 22.2. The number of ether oxygens (including phenoxy) is 3. The van der Waals surface area contributed by atoms with E-state index in [1.807, 2.05) is 6.07 Å². The van der Waals surface area contributed by atoms with Gasteiger partial charge in [-0.05, 0) is 16.7 Å². The lowest BCUT2D eigenvalue weighted by Gasteiger charge is -2.47. The lowest BCUT2D eigenvalue weighted by molar-refractivity contribution is 0.139. The van der Waals surface area contributed by atoms with Crippen LogP contribution in [-0.4, -0.2) is 33.0 Å². The Labute approximate surface area is 153 Å². The van der Waals surface area contributed by atoms with Crippen molar-refractivity contribution in [3.63, 3.8) is 0 Å². The van der Waals surface area contributed by atoms with Gasteiger partial charge in [-0.15, -0.1) is 0 Å². The zero-order valence-corrected chi connectivity index (χ0v) is 15.8. The Hall–Kier alpha value is -2.24. The average molecular weight is 355 g/mol. The van der Waals surface area contributed by atoms with Gasteiger partial charge in [0.05, 0.1) is 27.4 Å². The fourth-order valence-corrected chi connectivity index (χ4v) is 4.67. The summed E-state index contributed by atoms with van der Waals surface area (Å²) >= 11 is 0. The summed E-state index contributed by atoms with van der Waals surface area (Å²) in [5, 5.41) is 14.3. The molecule has 0 spiro atoms. The number of nitrogens with one attached hydrogen (secondary N) is 1. The molecule has 0 saturated carbocycles. The van der Waals surface area contributed by atoms with E-state index in [1.54, 1.807) is 21.3 Å². The number of methoxy groups -OCH3 is 3. The SMILES string of the molecule is COc1c(OC)c2c3c(c1OC)C(O)CNC3C(C)(C)c1ccccc1-2. The van der Waals surface area contributed by atoms with Crippen molar-refractivity contribution in [2.75, 3.05) is 27.9 Å². The topological polar surface area (TPSA) is 60.0 Å². The summed E-state index contributed by atoms with van der Waals surface area (Å²) in [6, 6.07) is 8.42. The van der Waals surface area contributed by atoms with Gasteiger partial charge in [-0.1, -0.05) is 38.1 Å². The van der Waals surface area contributed by atoms with Gasteiger partial charge in [0, 0.05) is 29.1 Å². The molecule has 0 aromatic heterocycles. The number of hydrogen-bond donors (Lipinski definition) is 2. The first-order valence-corrected chi connectivity index (χ1v) is 8.84. The molecule has 1 aliphatic carbocycles. The summed E-state index contributed by atoms with van der Waals surface area (Å²) in [6.45, 7) is 4.93. The molecule has 0 saturated heterocycles. The summed E-state index contributed by atoms with van der Waals surface area (Å²) in [4.78, 5) is 0. The van der Waals surface area contributed by atoms with E-state index in [2.05, 4.69) is 37.4 Å². The maximum absolute atomic E-state index is 10.8. The van der Waals surface area contributed by atoms with Gasteiger partial charge in [0.15, 0.2) is 11.5 Å². The number of aliphatic hydroxyl groups is 1. The molecule has 5 nitrogen and oxygen atoms in total. The van der Waals surface area contributed by atoms with Crippen LogP contribution in [0, 0.1) is 0 Å². The van der Waals surface area contributed by atoms with Crippen LogP contribution in [0.2, 0.25) is 0 Å². The van der Waals surface area contributed by atoms with Crippen LogP contribution in [0.5, 0.6) is 17.2 Å². The number of hydrogen-bond acceptors (Lipinski definition) is 5. The maximum atomic E-state index is 10.8. The van der Waals surface area contributed by atoms with E-state index in [0.29, 0.717) is 23.8 Å². The van der Waals surface area contributed by atoms with Crippen LogP contribution < -0.4 is 19.5 Å². The summed E-state index contributed by atoms with van der Waals surface area (Å²) in [5.74, 6) is 1.72. The minimum Gasteiger partial charge on any atom is -0.492 e. The lowest BCUT2D eigenvalue weighted by Crippen LogP contribution is -2.45. The average Bonchev–Trinajstić information content (AvgIpc) is 2.65. The number of fused-ring (bicyclic) bond motifs is 2. The van der Waals surface area contributed by atoms with Crippen molar-refractivity contribution >= 4 is 0 Å². The molecule has 4 rings (SSSR count). The van der Waals surface area contributed by atoms with E-state index < -0.39 is 6.10 Å². The molecular formula is C21H25NO4. The number of aliphatic hydroxyl groups excluding tert-OH is 1. The number of β-amino-alcohol motifs (C(OH)–C–C–N with tert-alkyl or cyclic N) is 1. The standard InChI is InChI=1S/C21H25NO4/c1-21(2)12-9-7-6-8-11(12)14-16-15(13(23)10-22-20(16)21)18(25-4)19(26-5)17(14)24-3/h6-9,13,20,22-23H,10H2,1-5H3. The van der Waals surface area contributed by atoms with Crippen molar-refractivity contribution in [1.82, 2.24) is 5.32 Å². The monoisotopic (exact) mass is 355 g/mol. The van der Waals surface area contributed by atoms with Crippen molar-refractivity contribution in [2.24, 2.45) is 0 Å². The van der Waals surface area contributed by atoms with Gasteiger partial charge in [0.25, 0.3) is 0 Å². The third-order valence-corrected chi connectivity index (χ3v) is 5.81. The van der Waals surface area contributed by atoms with E-state index in [9.17, 15) is 5.11 Å². The number of benzene rings is 2. The van der Waals surface area contributed by atoms with Gasteiger partial charge in [-0.2, -0.15) is 0 Å². The molecule has 26 heavy (non-hydrogen) atoms. The fourth-order valence-electron chi connectivity index (χ4n) is 4.67. The van der Waals surface area contributed by atoms with Crippen molar-refractivity contribution < 1.29 is 19.3 Å². The van der Waals surface area contributed by atoms with Gasteiger partial charge < -0.3 is 24.6 Å². The van der Waals surface area contributed by atoms with Crippen LogP contribution in [0.25, 0.3) is 11.1 Å². The molecule has 2 unspecified atom stereocenters. The summed E-state index contributed by atoms with van der Waals surface area (Å²) < 4.78 is 17.1. The van der Waals surface area contributed by atoms with Crippen LogP contribution in [0.3, 0.4) is 0 Å². The van der Waals surface area contributed by atoms with Crippen molar-refractivity contribution in [2.45, 2.75) is 31.4 Å². The second kappa shape index (κ2) is 5.89. The molecule has 0 bridgehead atoms. The van der Waals surface area contributed by atoms with Crippen LogP contribution >= 0.6 is 0 Å². The molecule has 1 heterocycles. The molecule has 138 valence electrons. The molecule has 5 heteroatoms. The van der Waals surface area contributed by atoms with E-state index in [0.717, 1.165) is 22.3 Å². The first kappa shape index (κ1) is 17.2. The first-order valence-electron chi connectivity index (χ1n) is 8.84. The highest BCUT2D eigenvalue weighted by Gasteiger charge is 2.47. The molecular weight excluding hydrogens is 330 g/mol. The Morgan fingerprint density at radius 3 is 2.27 bits per heavy atom. The van der Waals surface area contributed by atoms with Crippen LogP contribution in [0.1, 0.15) is 42.7 Å². The second-order valence-electron chi connectivity index (χ2n) is 7.43. The van der Waals surface area contributed by atoms with E-state index in [-0.39, 0.29) is 11.5 Å². The zero-order valence-electron chi connectivity index (χ0n) is 15.8. The first-order chi connectivity index (χ1) is 12.5. The Morgan fingerprint density at radius 2 is 1.62 bits per heavy atom. The van der Waals surface area contributed by atoms with Gasteiger partial charge in [0.2, 0.25) is 5.75 Å². The third-order valence-electron chi connectivity index (χ3n) is 5.81. The van der Waals surface area contributed by atoms with Gasteiger partial charge in [-0.25, -0.2) is 0 Å². The maximum Gasteiger partial charge on any atom is 0.204 e. The van der Waals surface area contributed by atoms with E-state index in [4.69, 9.17) is 14.2 Å². The summed E-state index contributed by atoms with van der Waals surface area (Å²) in [6.07, 6.45) is -0.671. The van der Waals surface area contributed by atoms with Crippen molar-refractivity contribution in [3.05, 3.63) is 41.0 Å². The predicted octanol–water partition coefficient (Wildman–Crippen LogP) is 3.35. The zero-order chi connectivity index (χ0) is 18.6. The van der Waals surface area contributed by atoms with Gasteiger partial charge >= 0.3 is 0 Å². The Bertz CT molecular complexity index is 875. The van der Waals surface area contributed by atoms with E-state index in [1.165, 1.54) is 5.56 Å². The highest BCUT2D eigenvalue weighted by atomic mass is 16.5. The van der Waals surface area contributed by atoms with E-state index >= 15 is 0 Å². The quantitative estimate of drug-likeness (QED) is 0.884. The van der Waals surface area contributed by atoms with Gasteiger partial charge in [0.1, 0.15) is 0 Å². The Balaban J connectivity index is 2.21. The van der Waals surface area contributed by atoms with Crippen LogP contribution in [-0.2, 0) is 5.41 Å². The minimum atomic E-state index is -0.671. The third kappa shape index (κ3) is 2.04. The van der Waals surface area contributed by atoms with Crippen LogP contribution in [0.4, 0.5) is 0 Å².